The molecule has 224 valence electrons. The summed E-state index contributed by atoms with van der Waals surface area (Å²) in [5, 5.41) is 0. The lowest BCUT2D eigenvalue weighted by Gasteiger charge is -2.66. The van der Waals surface area contributed by atoms with E-state index in [1.54, 1.807) is 5.69 Å². The van der Waals surface area contributed by atoms with Crippen LogP contribution in [-0.2, 0) is 25.7 Å². The van der Waals surface area contributed by atoms with Gasteiger partial charge in [-0.1, -0.05) is 96.1 Å². The van der Waals surface area contributed by atoms with Gasteiger partial charge < -0.3 is 14.7 Å². The molecule has 6 rings (SSSR count). The maximum Gasteiger partial charge on any atom is 0.0431 e. The van der Waals surface area contributed by atoms with E-state index in [9.17, 15) is 0 Å². The highest BCUT2D eigenvalue weighted by molar-refractivity contribution is 5.62. The Morgan fingerprint density at radius 2 is 0.881 bits per heavy atom. The van der Waals surface area contributed by atoms with Crippen molar-refractivity contribution in [2.45, 2.75) is 67.2 Å². The highest BCUT2D eigenvalue weighted by Gasteiger charge is 2.60. The average Bonchev–Trinajstić information content (AvgIpc) is 3.03. The fraction of sp³-hybridized carbons (Fsp3) is 0.538. The van der Waals surface area contributed by atoms with Crippen LogP contribution >= 0.6 is 0 Å². The first-order valence-corrected chi connectivity index (χ1v) is 17.0. The maximum absolute atomic E-state index is 2.83. The molecule has 0 bridgehead atoms. The molecule has 0 radical (unpaired) electrons. The minimum Gasteiger partial charge on any atom is -0.371 e. The number of rotatable bonds is 7. The van der Waals surface area contributed by atoms with E-state index in [-0.39, 0.29) is 0 Å². The Morgan fingerprint density at radius 3 is 1.36 bits per heavy atom. The first kappa shape index (κ1) is 29.1. The summed E-state index contributed by atoms with van der Waals surface area (Å²) in [4.78, 5) is 8.40. The molecule has 0 aromatic heterocycles. The minimum absolute atomic E-state index is 0.360. The second-order valence-corrected chi connectivity index (χ2v) is 13.5. The zero-order chi connectivity index (χ0) is 29.4. The number of hydrogen-bond acceptors (Lipinski definition) is 3. The van der Waals surface area contributed by atoms with Gasteiger partial charge in [0.2, 0.25) is 0 Å². The Hall–Kier alpha value is -2.94. The Labute approximate surface area is 255 Å². The van der Waals surface area contributed by atoms with Crippen LogP contribution in [0, 0.1) is 29.1 Å². The van der Waals surface area contributed by atoms with Crippen LogP contribution in [0.25, 0.3) is 0 Å². The largest absolute Gasteiger partial charge is 0.371 e. The van der Waals surface area contributed by atoms with Gasteiger partial charge in [0.05, 0.1) is 0 Å². The number of benzene rings is 3. The summed E-state index contributed by atoms with van der Waals surface area (Å²) in [6.07, 6.45) is 4.39. The molecule has 3 fully saturated rings. The van der Waals surface area contributed by atoms with Gasteiger partial charge >= 0.3 is 0 Å². The van der Waals surface area contributed by atoms with Crippen molar-refractivity contribution in [3.63, 3.8) is 0 Å². The minimum atomic E-state index is 0.360. The van der Waals surface area contributed by atoms with Crippen LogP contribution in [0.1, 0.15) is 63.8 Å². The predicted molar refractivity (Wildman–Crippen MR) is 181 cm³/mol. The number of nitrogens with zero attached hydrogens (tertiary/aromatic N) is 3. The van der Waals surface area contributed by atoms with E-state index in [1.807, 2.05) is 0 Å². The van der Waals surface area contributed by atoms with Crippen molar-refractivity contribution in [1.29, 1.82) is 0 Å². The molecule has 0 amide bonds. The van der Waals surface area contributed by atoms with E-state index in [0.29, 0.717) is 29.1 Å². The molecule has 3 nitrogen and oxygen atoms in total. The Bertz CT molecular complexity index is 1360. The summed E-state index contributed by atoms with van der Waals surface area (Å²) in [5.74, 6) is 2.58. The third kappa shape index (κ3) is 4.72. The van der Waals surface area contributed by atoms with Crippen molar-refractivity contribution >= 4 is 17.1 Å². The molecule has 3 aliphatic rings. The molecular formula is C39H53N3. The molecule has 3 aromatic carbocycles. The third-order valence-electron chi connectivity index (χ3n) is 11.6. The molecule has 3 heteroatoms. The van der Waals surface area contributed by atoms with Crippen molar-refractivity contribution < 1.29 is 0 Å². The van der Waals surface area contributed by atoms with Gasteiger partial charge in [-0.2, -0.15) is 0 Å². The summed E-state index contributed by atoms with van der Waals surface area (Å²) in [5.41, 5.74) is 10.9. The van der Waals surface area contributed by atoms with E-state index >= 15 is 0 Å². The van der Waals surface area contributed by atoms with E-state index in [2.05, 4.69) is 123 Å². The summed E-state index contributed by atoms with van der Waals surface area (Å²) in [6, 6.07) is 25.4. The van der Waals surface area contributed by atoms with Crippen LogP contribution in [0.4, 0.5) is 17.1 Å². The zero-order valence-corrected chi connectivity index (χ0v) is 27.1. The molecule has 3 saturated heterocycles. The molecule has 42 heavy (non-hydrogen) atoms. The van der Waals surface area contributed by atoms with E-state index in [0.717, 1.165) is 25.7 Å². The molecule has 0 N–H and O–H groups in total. The van der Waals surface area contributed by atoms with Gasteiger partial charge in [0.1, 0.15) is 0 Å². The van der Waals surface area contributed by atoms with Gasteiger partial charge in [-0.25, -0.2) is 0 Å². The van der Waals surface area contributed by atoms with Crippen LogP contribution in [-0.4, -0.2) is 39.3 Å². The molecule has 1 spiro atoms. The third-order valence-corrected chi connectivity index (χ3v) is 11.6. The number of aryl methyl sites for hydroxylation is 4. The lowest BCUT2D eigenvalue weighted by molar-refractivity contribution is -0.0772. The Balaban J connectivity index is 1.43. The number of anilines is 3. The lowest BCUT2D eigenvalue weighted by Crippen LogP contribution is -2.71. The molecule has 3 unspecified atom stereocenters. The second-order valence-electron chi connectivity index (χ2n) is 13.5. The van der Waals surface area contributed by atoms with Crippen molar-refractivity contribution in [3.05, 3.63) is 89.0 Å². The van der Waals surface area contributed by atoms with Crippen molar-refractivity contribution in [1.82, 2.24) is 0 Å². The SMILES string of the molecule is CCc1ccccc1N1CC(C)C23C(C1)CN(c1ccccc1CC)C[C@@H]2CN(c1c(CC)cccc1CC)C[C@@H]3C. The predicted octanol–water partition coefficient (Wildman–Crippen LogP) is 8.29. The molecule has 3 aliphatic heterocycles. The van der Waals surface area contributed by atoms with Crippen molar-refractivity contribution in [2.24, 2.45) is 29.1 Å². The van der Waals surface area contributed by atoms with Crippen LogP contribution < -0.4 is 14.7 Å². The average molecular weight is 564 g/mol. The molecule has 3 heterocycles. The van der Waals surface area contributed by atoms with Gasteiger partial charge in [-0.05, 0) is 77.3 Å². The van der Waals surface area contributed by atoms with E-state index in [4.69, 9.17) is 0 Å². The van der Waals surface area contributed by atoms with Crippen LogP contribution in [0.5, 0.6) is 0 Å². The van der Waals surface area contributed by atoms with E-state index < -0.39 is 0 Å². The van der Waals surface area contributed by atoms with Crippen LogP contribution in [0.3, 0.4) is 0 Å². The fourth-order valence-electron chi connectivity index (χ4n) is 9.88. The standard InChI is InChI=1S/C39H53N3/c1-7-30-16-11-13-20-36(30)40-22-28(5)39-29(6)23-42(38-32(9-3)18-15-19-33(38)10-4)27-35(39)26-41(25-34(39)24-40)37-21-14-12-17-31(37)8-2/h11-21,28-29,34-35H,7-10,22-27H2,1-6H3/t28?,29-,34?,35+,39?/m0/s1. The second kappa shape index (κ2) is 12.0. The maximum atomic E-state index is 2.83. The van der Waals surface area contributed by atoms with Crippen LogP contribution in [0.2, 0.25) is 0 Å². The lowest BCUT2D eigenvalue weighted by atomic mass is 9.49. The number of piperidine rings is 3. The smallest absolute Gasteiger partial charge is 0.0431 e. The molecule has 0 aliphatic carbocycles. The van der Waals surface area contributed by atoms with E-state index in [1.165, 1.54) is 72.9 Å². The Morgan fingerprint density at radius 1 is 0.500 bits per heavy atom. The highest BCUT2D eigenvalue weighted by Crippen LogP contribution is 2.58. The van der Waals surface area contributed by atoms with Gasteiger partial charge in [-0.3, -0.25) is 0 Å². The summed E-state index contributed by atoms with van der Waals surface area (Å²) in [6.45, 7) is 21.5. The topological polar surface area (TPSA) is 9.72 Å². The first-order valence-electron chi connectivity index (χ1n) is 17.0. The van der Waals surface area contributed by atoms with Gasteiger partial charge in [-0.15, -0.1) is 0 Å². The summed E-state index contributed by atoms with van der Waals surface area (Å²) in [7, 11) is 0. The number of para-hydroxylation sites is 3. The fourth-order valence-corrected chi connectivity index (χ4v) is 9.88. The summed E-state index contributed by atoms with van der Waals surface area (Å²) < 4.78 is 0. The monoisotopic (exact) mass is 563 g/mol. The van der Waals surface area contributed by atoms with Gasteiger partial charge in [0.15, 0.2) is 0 Å². The Kier molecular flexibility index (Phi) is 8.31. The molecule has 0 saturated carbocycles. The van der Waals surface area contributed by atoms with Crippen molar-refractivity contribution in [3.8, 4) is 0 Å². The summed E-state index contributed by atoms with van der Waals surface area (Å²) >= 11 is 0. The first-order chi connectivity index (χ1) is 20.5. The quantitative estimate of drug-likeness (QED) is 0.286. The van der Waals surface area contributed by atoms with Crippen LogP contribution in [0.15, 0.2) is 66.7 Å². The normalized spacial score (nSPS) is 27.5. The van der Waals surface area contributed by atoms with Gasteiger partial charge in [0.25, 0.3) is 0 Å². The van der Waals surface area contributed by atoms with Gasteiger partial charge in [0, 0.05) is 68.2 Å². The molecule has 3 aromatic rings. The van der Waals surface area contributed by atoms with Crippen molar-refractivity contribution in [2.75, 3.05) is 54.0 Å². The zero-order valence-electron chi connectivity index (χ0n) is 27.1. The molecular weight excluding hydrogens is 510 g/mol. The molecule has 5 atom stereocenters. The highest BCUT2D eigenvalue weighted by atomic mass is 15.2. The number of hydrogen-bond donors (Lipinski definition) is 0.